The van der Waals surface area contributed by atoms with Crippen molar-refractivity contribution >= 4 is 29.7 Å². The molecule has 13 heteroatoms. The van der Waals surface area contributed by atoms with Crippen LogP contribution < -0.4 is 22.1 Å². The van der Waals surface area contributed by atoms with E-state index in [0.717, 1.165) is 36.8 Å². The van der Waals surface area contributed by atoms with Gasteiger partial charge in [0.15, 0.2) is 5.96 Å². The number of likely N-dealkylation sites (tertiary alicyclic amines) is 1. The standard InChI is InChI=1S/C28H41N7O6/c29-19(15-36)25(38)34-14-18-8-2-1-6-16(18)12-23(34)26(39)35-21-10-4-3-7-17(21)13-22(35)24(37)33-20(27(40)41)9-5-11-32-28(30)31/h1-2,6,8,17,19-23,36H,3-5,7,9-15,29H2,(H,33,37)(H,40,41)(H4,30,31,32)/t17?,19-,20-,21?,22-,23+/m0/s1. The van der Waals surface area contributed by atoms with Crippen LogP contribution in [0.5, 0.6) is 0 Å². The number of carbonyl (C=O) groups excluding carboxylic acids is 3. The quantitative estimate of drug-likeness (QED) is 0.107. The third kappa shape index (κ3) is 6.79. The Balaban J connectivity index is 1.59. The molecule has 13 nitrogen and oxygen atoms in total. The van der Waals surface area contributed by atoms with E-state index in [4.69, 9.17) is 16.9 Å². The van der Waals surface area contributed by atoms with Crippen LogP contribution in [-0.2, 0) is 32.1 Å². The lowest BCUT2D eigenvalue weighted by molar-refractivity contribution is -0.153. The van der Waals surface area contributed by atoms with Gasteiger partial charge < -0.3 is 42.1 Å². The lowest BCUT2D eigenvalue weighted by atomic mass is 9.84. The van der Waals surface area contributed by atoms with Gasteiger partial charge in [-0.25, -0.2) is 4.79 Å². The van der Waals surface area contributed by atoms with Crippen molar-refractivity contribution in [2.24, 2.45) is 17.4 Å². The first-order chi connectivity index (χ1) is 19.6. The molecule has 2 aliphatic heterocycles. The summed E-state index contributed by atoms with van der Waals surface area (Å²) in [6.45, 7) is -0.112. The molecule has 3 amide bonds. The fraction of sp³-hybridized carbons (Fsp3) is 0.607. The van der Waals surface area contributed by atoms with E-state index in [1.165, 1.54) is 4.90 Å². The fourth-order valence-electron chi connectivity index (χ4n) is 6.50. The van der Waals surface area contributed by atoms with Crippen LogP contribution in [-0.4, -0.2) is 93.0 Å². The summed E-state index contributed by atoms with van der Waals surface area (Å²) in [4.78, 5) is 56.3. The molecule has 1 aromatic rings. The maximum absolute atomic E-state index is 14.4. The van der Waals surface area contributed by atoms with Crippen LogP contribution >= 0.6 is 0 Å². The molecule has 41 heavy (non-hydrogen) atoms. The Morgan fingerprint density at radius 1 is 1.10 bits per heavy atom. The van der Waals surface area contributed by atoms with Crippen LogP contribution in [0.25, 0.3) is 0 Å². The third-order valence-corrected chi connectivity index (χ3v) is 8.58. The fourth-order valence-corrected chi connectivity index (χ4v) is 6.50. The summed E-state index contributed by atoms with van der Waals surface area (Å²) < 4.78 is 0. The number of aliphatic hydroxyl groups excluding tert-OH is 1. The summed E-state index contributed by atoms with van der Waals surface area (Å²) in [5.74, 6) is -2.72. The van der Waals surface area contributed by atoms with Crippen molar-refractivity contribution in [3.63, 3.8) is 0 Å². The number of hydrogen-bond donors (Lipinski definition) is 7. The minimum absolute atomic E-state index is 0.103. The number of aliphatic carboxylic acids is 1. The van der Waals surface area contributed by atoms with Gasteiger partial charge in [-0.05, 0) is 49.1 Å². The minimum atomic E-state index is -1.19. The van der Waals surface area contributed by atoms with Gasteiger partial charge in [-0.3, -0.25) is 19.8 Å². The van der Waals surface area contributed by atoms with Gasteiger partial charge in [-0.15, -0.1) is 0 Å². The van der Waals surface area contributed by atoms with E-state index in [1.807, 2.05) is 24.3 Å². The van der Waals surface area contributed by atoms with Crippen LogP contribution in [0.4, 0.5) is 0 Å². The molecule has 9 N–H and O–H groups in total. The molecule has 2 unspecified atom stereocenters. The van der Waals surface area contributed by atoms with E-state index in [2.05, 4.69) is 10.6 Å². The molecule has 6 atom stereocenters. The number of carbonyl (C=O) groups is 4. The van der Waals surface area contributed by atoms with E-state index in [-0.39, 0.29) is 49.8 Å². The molecule has 2 fully saturated rings. The predicted molar refractivity (Wildman–Crippen MR) is 149 cm³/mol. The van der Waals surface area contributed by atoms with Gasteiger partial charge in [0.2, 0.25) is 17.7 Å². The van der Waals surface area contributed by atoms with Gasteiger partial charge in [0, 0.05) is 25.6 Å². The second-order valence-electron chi connectivity index (χ2n) is 11.2. The molecule has 1 saturated heterocycles. The van der Waals surface area contributed by atoms with Gasteiger partial charge in [0.1, 0.15) is 24.2 Å². The van der Waals surface area contributed by atoms with E-state index >= 15 is 0 Å². The van der Waals surface area contributed by atoms with Crippen molar-refractivity contribution in [1.82, 2.24) is 20.4 Å². The zero-order valence-corrected chi connectivity index (χ0v) is 23.1. The average molecular weight is 572 g/mol. The Morgan fingerprint density at radius 2 is 1.80 bits per heavy atom. The van der Waals surface area contributed by atoms with Crippen molar-refractivity contribution in [3.8, 4) is 0 Å². The number of carboxylic acids is 1. The zero-order chi connectivity index (χ0) is 29.7. The molecule has 2 heterocycles. The molecule has 0 spiro atoms. The SMILES string of the molecule is N=C(N)NCCC[C@H](NC(=O)[C@@H]1CC2CCCCC2N1C(=O)[C@H]1Cc2ccccc2CN1C(=O)[C@@H](N)CO)C(=O)O. The first kappa shape index (κ1) is 30.3. The average Bonchev–Trinajstić information content (AvgIpc) is 3.36. The monoisotopic (exact) mass is 571 g/mol. The van der Waals surface area contributed by atoms with Crippen LogP contribution in [0.1, 0.15) is 56.1 Å². The zero-order valence-electron chi connectivity index (χ0n) is 23.1. The van der Waals surface area contributed by atoms with E-state index in [1.54, 1.807) is 4.90 Å². The van der Waals surface area contributed by atoms with Crippen LogP contribution in [0.2, 0.25) is 0 Å². The Morgan fingerprint density at radius 3 is 2.49 bits per heavy atom. The number of amides is 3. The van der Waals surface area contributed by atoms with Gasteiger partial charge >= 0.3 is 5.97 Å². The molecule has 0 aromatic heterocycles. The van der Waals surface area contributed by atoms with E-state index in [0.29, 0.717) is 12.8 Å². The lowest BCUT2D eigenvalue weighted by Crippen LogP contribution is -2.61. The molecule has 0 radical (unpaired) electrons. The number of hydrogen-bond acceptors (Lipinski definition) is 7. The van der Waals surface area contributed by atoms with Crippen molar-refractivity contribution in [3.05, 3.63) is 35.4 Å². The second-order valence-corrected chi connectivity index (χ2v) is 11.2. The predicted octanol–water partition coefficient (Wildman–Crippen LogP) is -0.748. The highest BCUT2D eigenvalue weighted by molar-refractivity contribution is 5.95. The molecule has 1 aliphatic carbocycles. The lowest BCUT2D eigenvalue weighted by Gasteiger charge is -2.42. The number of fused-ring (bicyclic) bond motifs is 2. The third-order valence-electron chi connectivity index (χ3n) is 8.58. The number of carboxylic acid groups (broad SMARTS) is 1. The minimum Gasteiger partial charge on any atom is -0.480 e. The molecule has 4 rings (SSSR count). The summed E-state index contributed by atoms with van der Waals surface area (Å²) in [5, 5.41) is 31.8. The molecule has 1 aromatic carbocycles. The first-order valence-corrected chi connectivity index (χ1v) is 14.3. The Kier molecular flexibility index (Phi) is 9.81. The van der Waals surface area contributed by atoms with Crippen LogP contribution in [0, 0.1) is 11.3 Å². The van der Waals surface area contributed by atoms with Gasteiger partial charge in [0.05, 0.1) is 6.61 Å². The van der Waals surface area contributed by atoms with Crippen LogP contribution in [0.3, 0.4) is 0 Å². The molecule has 1 saturated carbocycles. The van der Waals surface area contributed by atoms with Gasteiger partial charge in [-0.2, -0.15) is 0 Å². The van der Waals surface area contributed by atoms with E-state index < -0.39 is 48.6 Å². The summed E-state index contributed by atoms with van der Waals surface area (Å²) in [5.41, 5.74) is 13.0. The Labute approximate surface area is 239 Å². The van der Waals surface area contributed by atoms with Gasteiger partial charge in [0.25, 0.3) is 0 Å². The largest absolute Gasteiger partial charge is 0.480 e. The number of nitrogens with zero attached hydrogens (tertiary/aromatic N) is 2. The first-order valence-electron chi connectivity index (χ1n) is 14.3. The summed E-state index contributed by atoms with van der Waals surface area (Å²) in [7, 11) is 0. The number of nitrogens with two attached hydrogens (primary N) is 2. The summed E-state index contributed by atoms with van der Waals surface area (Å²) in [6.07, 6.45) is 4.65. The normalized spacial score (nSPS) is 24.9. The number of nitrogens with one attached hydrogen (secondary N) is 3. The van der Waals surface area contributed by atoms with Crippen molar-refractivity contribution in [2.75, 3.05) is 13.2 Å². The number of aliphatic hydroxyl groups is 1. The topological polar surface area (TPSA) is 215 Å². The molecule has 224 valence electrons. The Bertz CT molecular complexity index is 1160. The number of rotatable bonds is 10. The number of guanidine groups is 1. The molecular formula is C28H41N7O6. The van der Waals surface area contributed by atoms with Crippen LogP contribution in [0.15, 0.2) is 24.3 Å². The van der Waals surface area contributed by atoms with Crippen molar-refractivity contribution < 1.29 is 29.4 Å². The van der Waals surface area contributed by atoms with E-state index in [9.17, 15) is 29.4 Å². The van der Waals surface area contributed by atoms with Crippen molar-refractivity contribution in [1.29, 1.82) is 5.41 Å². The highest BCUT2D eigenvalue weighted by Crippen LogP contribution is 2.41. The van der Waals surface area contributed by atoms with Gasteiger partial charge in [-0.1, -0.05) is 37.1 Å². The molecule has 3 aliphatic rings. The maximum Gasteiger partial charge on any atom is 0.326 e. The molecule has 0 bridgehead atoms. The number of benzene rings is 1. The maximum atomic E-state index is 14.4. The summed E-state index contributed by atoms with van der Waals surface area (Å²) in [6, 6.07) is 3.24. The highest BCUT2D eigenvalue weighted by atomic mass is 16.4. The summed E-state index contributed by atoms with van der Waals surface area (Å²) >= 11 is 0. The second kappa shape index (κ2) is 13.3. The molecular weight excluding hydrogens is 530 g/mol. The smallest absolute Gasteiger partial charge is 0.326 e. The highest BCUT2D eigenvalue weighted by Gasteiger charge is 2.51. The van der Waals surface area contributed by atoms with Crippen molar-refractivity contribution in [2.45, 2.75) is 88.1 Å². The Hall–Kier alpha value is -3.71.